The number of esters is 2. The minimum atomic E-state index is -0.565. The minimum Gasteiger partial charge on any atom is -0.462 e. The largest absolute Gasteiger partial charge is 0.462 e. The van der Waals surface area contributed by atoms with E-state index in [1.54, 1.807) is 0 Å². The normalized spacial score (nSPS) is 12.9. The maximum Gasteiger partial charge on any atom is 0.375 e. The molecule has 0 spiro atoms. The Morgan fingerprint density at radius 1 is 0.622 bits per heavy atom. The summed E-state index contributed by atoms with van der Waals surface area (Å²) >= 11 is 0. The molecule has 0 aliphatic carbocycles. The molecule has 5 nitrogen and oxygen atoms in total. The topological polar surface area (TPSA) is 65.7 Å². The molecular weight excluding hydrogens is 464 g/mol. The van der Waals surface area contributed by atoms with Gasteiger partial charge in [-0.1, -0.05) is 118 Å². The van der Waals surface area contributed by atoms with Crippen molar-refractivity contribution in [2.24, 2.45) is 11.8 Å². The van der Waals surface area contributed by atoms with Gasteiger partial charge in [-0.3, -0.25) is 0 Å². The Labute approximate surface area is 227 Å². The van der Waals surface area contributed by atoms with E-state index in [-0.39, 0.29) is 11.3 Å². The molecule has 0 saturated carbocycles. The van der Waals surface area contributed by atoms with Gasteiger partial charge in [-0.05, 0) is 43.6 Å². The molecule has 37 heavy (non-hydrogen) atoms. The third-order valence-electron chi connectivity index (χ3n) is 7.33. The zero-order chi connectivity index (χ0) is 27.1. The molecule has 0 fully saturated rings. The Kier molecular flexibility index (Phi) is 20.0. The Morgan fingerprint density at radius 2 is 1.03 bits per heavy atom. The number of hydrogen-bond acceptors (Lipinski definition) is 5. The van der Waals surface area contributed by atoms with Gasteiger partial charge in [-0.2, -0.15) is 0 Å². The molecule has 0 bridgehead atoms. The zero-order valence-corrected chi connectivity index (χ0v) is 24.5. The van der Waals surface area contributed by atoms with E-state index in [9.17, 15) is 9.59 Å². The monoisotopic (exact) mass is 520 g/mol. The molecular formula is C32H56O5. The molecule has 0 saturated heterocycles. The lowest BCUT2D eigenvalue weighted by atomic mass is 9.95. The van der Waals surface area contributed by atoms with Crippen molar-refractivity contribution in [1.29, 1.82) is 0 Å². The number of rotatable bonds is 24. The van der Waals surface area contributed by atoms with Crippen molar-refractivity contribution in [3.8, 4) is 0 Å². The maximum absolute atomic E-state index is 12.9. The van der Waals surface area contributed by atoms with Gasteiger partial charge in [0.1, 0.15) is 5.56 Å². The zero-order valence-electron chi connectivity index (χ0n) is 24.5. The van der Waals surface area contributed by atoms with E-state index >= 15 is 0 Å². The highest BCUT2D eigenvalue weighted by Crippen LogP contribution is 2.22. The minimum absolute atomic E-state index is 0.0335. The molecule has 0 N–H and O–H groups in total. The highest BCUT2D eigenvalue weighted by molar-refractivity contribution is 6.01. The van der Waals surface area contributed by atoms with Gasteiger partial charge < -0.3 is 13.9 Å². The van der Waals surface area contributed by atoms with E-state index in [0.29, 0.717) is 25.0 Å². The van der Waals surface area contributed by atoms with E-state index in [4.69, 9.17) is 13.9 Å². The highest BCUT2D eigenvalue weighted by Gasteiger charge is 2.25. The molecule has 1 rings (SSSR count). The van der Waals surface area contributed by atoms with E-state index in [0.717, 1.165) is 38.5 Å². The van der Waals surface area contributed by atoms with Crippen LogP contribution in [0.15, 0.2) is 16.7 Å². The van der Waals surface area contributed by atoms with Crippen molar-refractivity contribution in [3.63, 3.8) is 0 Å². The summed E-state index contributed by atoms with van der Waals surface area (Å²) in [6.07, 6.45) is 22.5. The van der Waals surface area contributed by atoms with E-state index < -0.39 is 11.9 Å². The van der Waals surface area contributed by atoms with Gasteiger partial charge >= 0.3 is 11.9 Å². The molecule has 214 valence electrons. The Bertz CT molecular complexity index is 639. The van der Waals surface area contributed by atoms with Crippen LogP contribution in [0.5, 0.6) is 0 Å². The van der Waals surface area contributed by atoms with Gasteiger partial charge in [0, 0.05) is 0 Å². The molecule has 0 aliphatic heterocycles. The lowest BCUT2D eigenvalue weighted by molar-refractivity contribution is 0.0349. The molecule has 1 aromatic rings. The van der Waals surface area contributed by atoms with Crippen LogP contribution in [0.1, 0.15) is 164 Å². The Morgan fingerprint density at radius 3 is 1.49 bits per heavy atom. The van der Waals surface area contributed by atoms with Crippen molar-refractivity contribution >= 4 is 11.9 Å². The standard InChI is InChI=1S/C32H56O5/c1-5-9-13-17-21-27(19-15-11-7-3)25-36-31(33)29-23-24-35-30(29)32(34)37-26-28(20-16-12-8-4)22-18-14-10-6-2/h23-24,27-28H,5-22,25-26H2,1-4H3. The molecule has 0 aromatic carbocycles. The fraction of sp³-hybridized carbons (Fsp3) is 0.812. The summed E-state index contributed by atoms with van der Waals surface area (Å²) in [6.45, 7) is 9.61. The predicted molar refractivity (Wildman–Crippen MR) is 152 cm³/mol. The second-order valence-electron chi connectivity index (χ2n) is 10.8. The molecule has 2 atom stereocenters. The molecule has 0 aliphatic rings. The molecule has 0 amide bonds. The lowest BCUT2D eigenvalue weighted by Crippen LogP contribution is -2.18. The second kappa shape index (κ2) is 22.2. The van der Waals surface area contributed by atoms with Crippen molar-refractivity contribution in [2.75, 3.05) is 13.2 Å². The number of ether oxygens (including phenoxy) is 2. The van der Waals surface area contributed by atoms with Gasteiger partial charge in [0.2, 0.25) is 5.76 Å². The van der Waals surface area contributed by atoms with Crippen LogP contribution in [0.3, 0.4) is 0 Å². The summed E-state index contributed by atoms with van der Waals surface area (Å²) in [5.74, 6) is -0.367. The summed E-state index contributed by atoms with van der Waals surface area (Å²) < 4.78 is 16.7. The SMILES string of the molecule is CCCCCCC(CCCCC)COC(=O)c1ccoc1C(=O)OCC(CCCCC)CCCCCC. The second-order valence-corrected chi connectivity index (χ2v) is 10.8. The van der Waals surface area contributed by atoms with Crippen LogP contribution >= 0.6 is 0 Å². The summed E-state index contributed by atoms with van der Waals surface area (Å²) in [6, 6.07) is 1.52. The van der Waals surface area contributed by atoms with Crippen LogP contribution in [-0.4, -0.2) is 25.2 Å². The summed E-state index contributed by atoms with van der Waals surface area (Å²) in [4.78, 5) is 25.7. The van der Waals surface area contributed by atoms with Crippen molar-refractivity contribution in [2.45, 2.75) is 143 Å². The van der Waals surface area contributed by atoms with E-state index in [2.05, 4.69) is 27.7 Å². The van der Waals surface area contributed by atoms with Gasteiger partial charge in [-0.25, -0.2) is 9.59 Å². The third kappa shape index (κ3) is 15.3. The molecule has 5 heteroatoms. The number of carbonyl (C=O) groups excluding carboxylic acids is 2. The predicted octanol–water partition coefficient (Wildman–Crippen LogP) is 9.93. The smallest absolute Gasteiger partial charge is 0.375 e. The third-order valence-corrected chi connectivity index (χ3v) is 7.33. The van der Waals surface area contributed by atoms with Crippen LogP contribution < -0.4 is 0 Å². The molecule has 2 unspecified atom stereocenters. The van der Waals surface area contributed by atoms with Crippen LogP contribution in [0, 0.1) is 11.8 Å². The lowest BCUT2D eigenvalue weighted by Gasteiger charge is -2.17. The van der Waals surface area contributed by atoms with Crippen molar-refractivity contribution in [3.05, 3.63) is 23.7 Å². The number of furan rings is 1. The van der Waals surface area contributed by atoms with Gasteiger partial charge in [-0.15, -0.1) is 0 Å². The van der Waals surface area contributed by atoms with Crippen LogP contribution in [-0.2, 0) is 9.47 Å². The molecule has 1 aromatic heterocycles. The highest BCUT2D eigenvalue weighted by atomic mass is 16.5. The molecule has 1 heterocycles. The Balaban J connectivity index is 2.63. The summed E-state index contributed by atoms with van der Waals surface area (Å²) in [7, 11) is 0. The van der Waals surface area contributed by atoms with E-state index in [1.165, 1.54) is 89.4 Å². The number of hydrogen-bond donors (Lipinski definition) is 0. The van der Waals surface area contributed by atoms with Crippen molar-refractivity contribution in [1.82, 2.24) is 0 Å². The fourth-order valence-electron chi connectivity index (χ4n) is 4.87. The quantitative estimate of drug-likeness (QED) is 0.100. The van der Waals surface area contributed by atoms with Crippen molar-refractivity contribution < 1.29 is 23.5 Å². The first-order valence-corrected chi connectivity index (χ1v) is 15.5. The van der Waals surface area contributed by atoms with Crippen LogP contribution in [0.4, 0.5) is 0 Å². The first-order chi connectivity index (χ1) is 18.1. The van der Waals surface area contributed by atoms with Gasteiger partial charge in [0.05, 0.1) is 19.5 Å². The average molecular weight is 521 g/mol. The average Bonchev–Trinajstić information content (AvgIpc) is 3.40. The fourth-order valence-corrected chi connectivity index (χ4v) is 4.87. The maximum atomic E-state index is 12.9. The van der Waals surface area contributed by atoms with E-state index in [1.807, 2.05) is 0 Å². The Hall–Kier alpha value is -1.78. The first-order valence-electron chi connectivity index (χ1n) is 15.5. The van der Waals surface area contributed by atoms with Gasteiger partial charge in [0.25, 0.3) is 0 Å². The summed E-state index contributed by atoms with van der Waals surface area (Å²) in [5, 5.41) is 0. The molecule has 0 radical (unpaired) electrons. The number of carbonyl (C=O) groups is 2. The van der Waals surface area contributed by atoms with Crippen LogP contribution in [0.25, 0.3) is 0 Å². The first kappa shape index (κ1) is 33.2. The summed E-state index contributed by atoms with van der Waals surface area (Å²) in [5.41, 5.74) is 0.175. The number of unbranched alkanes of at least 4 members (excludes halogenated alkanes) is 10. The van der Waals surface area contributed by atoms with Gasteiger partial charge in [0.15, 0.2) is 0 Å². The van der Waals surface area contributed by atoms with Crippen LogP contribution in [0.2, 0.25) is 0 Å².